The summed E-state index contributed by atoms with van der Waals surface area (Å²) in [5.41, 5.74) is 1.62. The number of hydrogen-bond acceptors (Lipinski definition) is 5. The predicted molar refractivity (Wildman–Crippen MR) is 64.5 cm³/mol. The number of carboxylic acid groups (broad SMARTS) is 1. The second-order valence-corrected chi connectivity index (χ2v) is 3.65. The summed E-state index contributed by atoms with van der Waals surface area (Å²) < 4.78 is 0. The number of nitrogens with zero attached hydrogens (tertiary/aromatic N) is 1. The van der Waals surface area contributed by atoms with Crippen molar-refractivity contribution < 1.29 is 24.6 Å². The summed E-state index contributed by atoms with van der Waals surface area (Å²) in [7, 11) is 0. The first-order valence-corrected chi connectivity index (χ1v) is 5.29. The van der Waals surface area contributed by atoms with Crippen LogP contribution in [0.25, 0.3) is 0 Å². The fourth-order valence-corrected chi connectivity index (χ4v) is 1.16. The van der Waals surface area contributed by atoms with E-state index in [0.29, 0.717) is 12.8 Å². The van der Waals surface area contributed by atoms with Crippen LogP contribution in [0.15, 0.2) is 16.4 Å². The highest BCUT2D eigenvalue weighted by Crippen LogP contribution is 2.10. The molecular formula is C11H16N2O5. The molecular weight excluding hydrogens is 240 g/mol. The number of rotatable bonds is 7. The third kappa shape index (κ3) is 7.15. The van der Waals surface area contributed by atoms with E-state index in [0.717, 1.165) is 6.21 Å². The molecule has 0 aliphatic carbocycles. The molecule has 0 aromatic rings. The lowest BCUT2D eigenvalue weighted by atomic mass is 10.1. The molecule has 0 aromatic carbocycles. The van der Waals surface area contributed by atoms with Crippen molar-refractivity contribution in [3.63, 3.8) is 0 Å². The second-order valence-electron chi connectivity index (χ2n) is 3.65. The normalized spacial score (nSPS) is 12.1. The Morgan fingerprint density at radius 1 is 1.17 bits per heavy atom. The topological polar surface area (TPSA) is 116 Å². The van der Waals surface area contributed by atoms with E-state index >= 15 is 0 Å². The molecule has 0 aliphatic heterocycles. The summed E-state index contributed by atoms with van der Waals surface area (Å²) in [5, 5.41) is 21.2. The molecule has 18 heavy (non-hydrogen) atoms. The van der Waals surface area contributed by atoms with Gasteiger partial charge in [-0.05, 0) is 20.3 Å². The lowest BCUT2D eigenvalue weighted by Crippen LogP contribution is -2.15. The standard InChI is InChI=1S/C11H16N2O5/c1-7(14)4-3-5-10(16)9(8(2)15)6-12-13-11(17)18/h6,13,16H,3-5H2,1-2H3,(H,17,18)/b10-9-,12-6-. The molecule has 0 saturated carbocycles. The van der Waals surface area contributed by atoms with Crippen LogP contribution >= 0.6 is 0 Å². The summed E-state index contributed by atoms with van der Waals surface area (Å²) in [6.07, 6.45) is 0.454. The number of nitrogens with one attached hydrogen (secondary N) is 1. The Labute approximate surface area is 104 Å². The first-order valence-electron chi connectivity index (χ1n) is 5.29. The van der Waals surface area contributed by atoms with Crippen molar-refractivity contribution in [3.05, 3.63) is 11.3 Å². The lowest BCUT2D eigenvalue weighted by molar-refractivity contribution is -0.117. The van der Waals surface area contributed by atoms with Gasteiger partial charge in [-0.2, -0.15) is 5.10 Å². The maximum atomic E-state index is 11.2. The number of allylic oxidation sites excluding steroid dienone is 2. The number of Topliss-reactive ketones (excluding diaryl/α,β-unsaturated/α-hetero) is 2. The molecule has 0 heterocycles. The molecule has 0 radical (unpaired) electrons. The van der Waals surface area contributed by atoms with Crippen LogP contribution in [0.2, 0.25) is 0 Å². The number of carbonyl (C=O) groups excluding carboxylic acids is 2. The van der Waals surface area contributed by atoms with E-state index in [1.54, 1.807) is 5.43 Å². The van der Waals surface area contributed by atoms with E-state index < -0.39 is 11.9 Å². The molecule has 3 N–H and O–H groups in total. The van der Waals surface area contributed by atoms with Crippen molar-refractivity contribution in [1.29, 1.82) is 0 Å². The van der Waals surface area contributed by atoms with Crippen molar-refractivity contribution in [3.8, 4) is 0 Å². The summed E-state index contributed by atoms with van der Waals surface area (Å²) in [6.45, 7) is 2.66. The second kappa shape index (κ2) is 7.99. The van der Waals surface area contributed by atoms with Gasteiger partial charge in [0, 0.05) is 12.8 Å². The zero-order valence-electron chi connectivity index (χ0n) is 10.3. The lowest BCUT2D eigenvalue weighted by Gasteiger charge is -2.03. The maximum Gasteiger partial charge on any atom is 0.425 e. The van der Waals surface area contributed by atoms with Crippen molar-refractivity contribution >= 4 is 23.9 Å². The van der Waals surface area contributed by atoms with Gasteiger partial charge in [0.05, 0.1) is 11.8 Å². The van der Waals surface area contributed by atoms with E-state index in [-0.39, 0.29) is 23.5 Å². The number of ketones is 2. The monoisotopic (exact) mass is 256 g/mol. The van der Waals surface area contributed by atoms with Crippen LogP contribution < -0.4 is 5.43 Å². The number of hydrogen-bond donors (Lipinski definition) is 3. The fraction of sp³-hybridized carbons (Fsp3) is 0.455. The van der Waals surface area contributed by atoms with Gasteiger partial charge in [-0.1, -0.05) is 0 Å². The number of amides is 1. The van der Waals surface area contributed by atoms with Gasteiger partial charge in [0.1, 0.15) is 11.5 Å². The van der Waals surface area contributed by atoms with Crippen LogP contribution in [-0.2, 0) is 9.59 Å². The Morgan fingerprint density at radius 2 is 1.78 bits per heavy atom. The van der Waals surface area contributed by atoms with Crippen LogP contribution in [0.4, 0.5) is 4.79 Å². The summed E-state index contributed by atoms with van der Waals surface area (Å²) in [6, 6.07) is 0. The van der Waals surface area contributed by atoms with Gasteiger partial charge in [-0.15, -0.1) is 0 Å². The van der Waals surface area contributed by atoms with Crippen LogP contribution in [0.5, 0.6) is 0 Å². The molecule has 7 nitrogen and oxygen atoms in total. The average molecular weight is 256 g/mol. The number of aliphatic hydroxyl groups excluding tert-OH is 1. The van der Waals surface area contributed by atoms with E-state index in [9.17, 15) is 19.5 Å². The van der Waals surface area contributed by atoms with Gasteiger partial charge in [0.25, 0.3) is 0 Å². The van der Waals surface area contributed by atoms with E-state index in [1.165, 1.54) is 13.8 Å². The third-order valence-corrected chi connectivity index (χ3v) is 1.99. The average Bonchev–Trinajstić information content (AvgIpc) is 2.22. The third-order valence-electron chi connectivity index (χ3n) is 1.99. The van der Waals surface area contributed by atoms with Gasteiger partial charge in [0.15, 0.2) is 5.78 Å². The van der Waals surface area contributed by atoms with Crippen molar-refractivity contribution in [2.24, 2.45) is 5.10 Å². The van der Waals surface area contributed by atoms with E-state index in [1.807, 2.05) is 0 Å². The highest BCUT2D eigenvalue weighted by atomic mass is 16.4. The first kappa shape index (κ1) is 15.8. The molecule has 0 atom stereocenters. The molecule has 0 aliphatic rings. The molecule has 100 valence electrons. The minimum atomic E-state index is -1.37. The Balaban J connectivity index is 4.63. The Morgan fingerprint density at radius 3 is 2.22 bits per heavy atom. The van der Waals surface area contributed by atoms with E-state index in [2.05, 4.69) is 5.10 Å². The van der Waals surface area contributed by atoms with Crippen LogP contribution in [-0.4, -0.2) is 34.1 Å². The smallest absolute Gasteiger partial charge is 0.425 e. The first-order chi connectivity index (χ1) is 8.34. The largest absolute Gasteiger partial charge is 0.512 e. The summed E-state index contributed by atoms with van der Waals surface area (Å²) in [4.78, 5) is 32.1. The van der Waals surface area contributed by atoms with Gasteiger partial charge in [-0.3, -0.25) is 4.79 Å². The molecule has 1 amide bonds. The molecule has 0 aromatic heterocycles. The number of aliphatic hydroxyl groups is 1. The Bertz CT molecular complexity index is 398. The molecule has 0 fully saturated rings. The fourth-order valence-electron chi connectivity index (χ4n) is 1.16. The molecule has 0 bridgehead atoms. The minimum Gasteiger partial charge on any atom is -0.512 e. The molecule has 0 rings (SSSR count). The van der Waals surface area contributed by atoms with Gasteiger partial charge in [0.2, 0.25) is 0 Å². The van der Waals surface area contributed by atoms with Gasteiger partial charge < -0.3 is 15.0 Å². The number of carbonyl (C=O) groups is 3. The summed E-state index contributed by atoms with van der Waals surface area (Å²) in [5.74, 6) is -0.653. The van der Waals surface area contributed by atoms with Crippen LogP contribution in [0, 0.1) is 0 Å². The minimum absolute atomic E-state index is 0.00612. The van der Waals surface area contributed by atoms with Gasteiger partial charge >= 0.3 is 6.09 Å². The zero-order chi connectivity index (χ0) is 14.1. The molecule has 0 saturated heterocycles. The predicted octanol–water partition coefficient (Wildman–Crippen LogP) is 1.40. The quantitative estimate of drug-likeness (QED) is 0.275. The van der Waals surface area contributed by atoms with Crippen molar-refractivity contribution in [1.82, 2.24) is 5.43 Å². The van der Waals surface area contributed by atoms with Crippen LogP contribution in [0.1, 0.15) is 33.1 Å². The van der Waals surface area contributed by atoms with Crippen molar-refractivity contribution in [2.75, 3.05) is 0 Å². The molecule has 0 spiro atoms. The Hall–Kier alpha value is -2.18. The van der Waals surface area contributed by atoms with E-state index in [4.69, 9.17) is 5.11 Å². The highest BCUT2D eigenvalue weighted by molar-refractivity contribution is 6.12. The van der Waals surface area contributed by atoms with Crippen molar-refractivity contribution in [2.45, 2.75) is 33.1 Å². The number of hydrazone groups is 1. The molecule has 7 heteroatoms. The van der Waals surface area contributed by atoms with Gasteiger partial charge in [-0.25, -0.2) is 10.2 Å². The maximum absolute atomic E-state index is 11.2. The highest BCUT2D eigenvalue weighted by Gasteiger charge is 2.09. The Kier molecular flexibility index (Phi) is 7.02. The zero-order valence-corrected chi connectivity index (χ0v) is 10.3. The van der Waals surface area contributed by atoms with Crippen LogP contribution in [0.3, 0.4) is 0 Å². The molecule has 0 unspecified atom stereocenters. The summed E-state index contributed by atoms with van der Waals surface area (Å²) >= 11 is 0. The SMILES string of the molecule is CC(=O)CCC/C(O)=C(\C=N/NC(=O)O)C(C)=O.